The first-order valence-corrected chi connectivity index (χ1v) is 9.31. The van der Waals surface area contributed by atoms with E-state index in [0.29, 0.717) is 11.1 Å². The van der Waals surface area contributed by atoms with Crippen LogP contribution in [0.4, 0.5) is 15.8 Å². The highest BCUT2D eigenvalue weighted by atomic mass is 35.5. The minimum absolute atomic E-state index is 0.0400. The minimum atomic E-state index is -0.793. The molecule has 1 heterocycles. The Bertz CT molecular complexity index is 870. The normalized spacial score (nSPS) is 15.7. The number of rotatable bonds is 4. The fourth-order valence-corrected chi connectivity index (χ4v) is 2.99. The van der Waals surface area contributed by atoms with Gasteiger partial charge in [0.2, 0.25) is 11.8 Å². The van der Waals surface area contributed by atoms with Gasteiger partial charge in [-0.1, -0.05) is 17.2 Å². The summed E-state index contributed by atoms with van der Waals surface area (Å²) in [7, 11) is 0. The molecule has 152 valence electrons. The highest BCUT2D eigenvalue weighted by Gasteiger charge is 2.37. The second-order valence-corrected chi connectivity index (χ2v) is 8.49. The quantitative estimate of drug-likeness (QED) is 0.585. The maximum Gasteiger partial charge on any atom is 0.261 e. The molecule has 1 atom stereocenters. The van der Waals surface area contributed by atoms with E-state index in [0.717, 1.165) is 11.0 Å². The number of carbonyl (C=O) groups is 3. The van der Waals surface area contributed by atoms with E-state index in [2.05, 4.69) is 10.6 Å². The Morgan fingerprint density at radius 2 is 1.86 bits per heavy atom. The van der Waals surface area contributed by atoms with Gasteiger partial charge in [0.25, 0.3) is 5.91 Å². The predicted molar refractivity (Wildman–Crippen MR) is 108 cm³/mol. The van der Waals surface area contributed by atoms with Crippen molar-refractivity contribution in [2.75, 3.05) is 10.2 Å². The average Bonchev–Trinajstić information content (AvgIpc) is 2.83. The highest BCUT2D eigenvalue weighted by molar-refractivity contribution is 6.34. The fourth-order valence-electron chi connectivity index (χ4n) is 2.78. The van der Waals surface area contributed by atoms with E-state index in [1.807, 2.05) is 20.8 Å². The summed E-state index contributed by atoms with van der Waals surface area (Å²) in [4.78, 5) is 38.0. The Balaban J connectivity index is 2.35. The van der Waals surface area contributed by atoms with Crippen molar-refractivity contribution in [3.05, 3.63) is 34.1 Å². The number of hydrogen-bond acceptors (Lipinski definition) is 4. The molecule has 1 aromatic carbocycles. The summed E-state index contributed by atoms with van der Waals surface area (Å²) in [6, 6.07) is 1.63. The fraction of sp³-hybridized carbons (Fsp3) is 0.450. The minimum Gasteiger partial charge on any atom is -0.373 e. The van der Waals surface area contributed by atoms with Crippen molar-refractivity contribution in [3.63, 3.8) is 0 Å². The van der Waals surface area contributed by atoms with E-state index in [1.54, 1.807) is 20.8 Å². The Kier molecular flexibility index (Phi) is 6.18. The first-order valence-electron chi connectivity index (χ1n) is 8.93. The number of nitrogens with zero attached hydrogens (tertiary/aromatic N) is 1. The number of carbonyl (C=O) groups excluding carboxylic acids is 3. The van der Waals surface area contributed by atoms with Crippen molar-refractivity contribution in [2.45, 2.75) is 59.5 Å². The van der Waals surface area contributed by atoms with Gasteiger partial charge < -0.3 is 10.6 Å². The zero-order valence-corrected chi connectivity index (χ0v) is 17.6. The van der Waals surface area contributed by atoms with E-state index >= 15 is 0 Å². The smallest absolute Gasteiger partial charge is 0.261 e. The Morgan fingerprint density at radius 3 is 2.36 bits per heavy atom. The van der Waals surface area contributed by atoms with Crippen LogP contribution in [0.15, 0.2) is 23.3 Å². The lowest BCUT2D eigenvalue weighted by molar-refractivity contribution is -0.123. The molecule has 6 nitrogen and oxygen atoms in total. The van der Waals surface area contributed by atoms with Crippen LogP contribution in [0.2, 0.25) is 5.02 Å². The summed E-state index contributed by atoms with van der Waals surface area (Å²) >= 11 is 6.11. The lowest BCUT2D eigenvalue weighted by Crippen LogP contribution is -2.47. The summed E-state index contributed by atoms with van der Waals surface area (Å²) in [5, 5.41) is 5.78. The third kappa shape index (κ3) is 4.70. The monoisotopic (exact) mass is 409 g/mol. The van der Waals surface area contributed by atoms with Crippen LogP contribution in [0, 0.1) is 5.82 Å². The number of anilines is 2. The zero-order chi connectivity index (χ0) is 21.4. The molecule has 2 N–H and O–H groups in total. The van der Waals surface area contributed by atoms with Gasteiger partial charge in [-0.25, -0.2) is 9.29 Å². The van der Waals surface area contributed by atoms with Crippen LogP contribution < -0.4 is 15.5 Å². The van der Waals surface area contributed by atoms with Crippen LogP contribution in [-0.2, 0) is 14.4 Å². The van der Waals surface area contributed by atoms with Crippen LogP contribution in [0.25, 0.3) is 0 Å². The summed E-state index contributed by atoms with van der Waals surface area (Å²) in [5.41, 5.74) is 0.704. The molecule has 1 aliphatic heterocycles. The van der Waals surface area contributed by atoms with Crippen molar-refractivity contribution < 1.29 is 18.8 Å². The first kappa shape index (κ1) is 21.9. The molecule has 1 saturated heterocycles. The van der Waals surface area contributed by atoms with Crippen molar-refractivity contribution in [2.24, 2.45) is 0 Å². The largest absolute Gasteiger partial charge is 0.373 e. The predicted octanol–water partition coefficient (Wildman–Crippen LogP) is 3.79. The molecule has 2 rings (SSSR count). The lowest BCUT2D eigenvalue weighted by Gasteiger charge is -2.25. The Hall–Kier alpha value is -2.41. The first-order chi connectivity index (χ1) is 12.8. The molecule has 0 spiro atoms. The Labute approximate surface area is 169 Å². The molecule has 0 aliphatic carbocycles. The highest BCUT2D eigenvalue weighted by Crippen LogP contribution is 2.35. The summed E-state index contributed by atoms with van der Waals surface area (Å²) in [6.07, 6.45) is -0.0730. The number of amides is 3. The van der Waals surface area contributed by atoms with E-state index in [1.165, 1.54) is 6.07 Å². The Morgan fingerprint density at radius 1 is 1.25 bits per heavy atom. The molecular formula is C20H25ClFN3O3. The van der Waals surface area contributed by atoms with Gasteiger partial charge in [-0.3, -0.25) is 14.4 Å². The molecule has 1 fully saturated rings. The SMILES string of the molecule is CC(C)=C1CC(=O)N(c2cc(NC(C)C(=O)NC(C)(C)C)c(Cl)cc2F)C1=O. The molecule has 1 aromatic rings. The number of imide groups is 1. The van der Waals surface area contributed by atoms with Gasteiger partial charge in [0.15, 0.2) is 0 Å². The molecule has 1 aliphatic rings. The topological polar surface area (TPSA) is 78.5 Å². The van der Waals surface area contributed by atoms with Gasteiger partial charge in [-0.05, 0) is 53.7 Å². The van der Waals surface area contributed by atoms with Gasteiger partial charge in [0, 0.05) is 11.1 Å². The average molecular weight is 410 g/mol. The van der Waals surface area contributed by atoms with Gasteiger partial charge in [-0.15, -0.1) is 0 Å². The van der Waals surface area contributed by atoms with Gasteiger partial charge >= 0.3 is 0 Å². The molecule has 3 amide bonds. The summed E-state index contributed by atoms with van der Waals surface area (Å²) < 4.78 is 14.5. The van der Waals surface area contributed by atoms with E-state index in [9.17, 15) is 18.8 Å². The van der Waals surface area contributed by atoms with Gasteiger partial charge in [0.1, 0.15) is 11.9 Å². The van der Waals surface area contributed by atoms with E-state index < -0.39 is 29.2 Å². The molecule has 1 unspecified atom stereocenters. The van der Waals surface area contributed by atoms with Crippen LogP contribution >= 0.6 is 11.6 Å². The van der Waals surface area contributed by atoms with Gasteiger partial charge in [-0.2, -0.15) is 0 Å². The second kappa shape index (κ2) is 7.91. The van der Waals surface area contributed by atoms with Crippen LogP contribution in [0.1, 0.15) is 48.0 Å². The number of nitrogens with one attached hydrogen (secondary N) is 2. The number of allylic oxidation sites excluding steroid dienone is 1. The molecule has 0 aromatic heterocycles. The zero-order valence-electron chi connectivity index (χ0n) is 16.9. The van der Waals surface area contributed by atoms with Crippen molar-refractivity contribution in [3.8, 4) is 0 Å². The number of hydrogen-bond donors (Lipinski definition) is 2. The summed E-state index contributed by atoms with van der Waals surface area (Å²) in [5.74, 6) is -2.11. The van der Waals surface area contributed by atoms with Crippen LogP contribution in [-0.4, -0.2) is 29.3 Å². The maximum absolute atomic E-state index is 14.5. The molecule has 0 radical (unpaired) electrons. The molecular weight excluding hydrogens is 385 g/mol. The van der Waals surface area contributed by atoms with Crippen molar-refractivity contribution in [1.82, 2.24) is 5.32 Å². The molecule has 0 bridgehead atoms. The second-order valence-electron chi connectivity index (χ2n) is 8.08. The van der Waals surface area contributed by atoms with Crippen LogP contribution in [0.3, 0.4) is 0 Å². The molecule has 0 saturated carbocycles. The third-order valence-corrected chi connectivity index (χ3v) is 4.50. The summed E-state index contributed by atoms with van der Waals surface area (Å²) in [6.45, 7) is 10.6. The van der Waals surface area contributed by atoms with Gasteiger partial charge in [0.05, 0.1) is 22.8 Å². The number of halogens is 2. The van der Waals surface area contributed by atoms with Crippen LogP contribution in [0.5, 0.6) is 0 Å². The maximum atomic E-state index is 14.5. The molecule has 8 heteroatoms. The van der Waals surface area contributed by atoms with E-state index in [-0.39, 0.29) is 28.7 Å². The standard InChI is InChI=1S/C20H25ClFN3O3/c1-10(2)12-7-17(26)25(19(12)28)16-9-15(13(21)8-14(16)22)23-11(3)18(27)24-20(4,5)6/h8-9,11,23H,7H2,1-6H3,(H,24,27). The third-order valence-electron chi connectivity index (χ3n) is 4.18. The van der Waals surface area contributed by atoms with E-state index in [4.69, 9.17) is 11.6 Å². The van der Waals surface area contributed by atoms with Crippen molar-refractivity contribution >= 4 is 40.7 Å². The molecule has 28 heavy (non-hydrogen) atoms. The number of benzene rings is 1. The van der Waals surface area contributed by atoms with Crippen molar-refractivity contribution in [1.29, 1.82) is 0 Å². The lowest BCUT2D eigenvalue weighted by atomic mass is 10.1.